The van der Waals surface area contributed by atoms with Gasteiger partial charge in [0.1, 0.15) is 10.7 Å². The third-order valence-electron chi connectivity index (χ3n) is 3.74. The van der Waals surface area contributed by atoms with Crippen LogP contribution in [0, 0.1) is 5.92 Å². The molecule has 4 heteroatoms. The Morgan fingerprint density at radius 1 is 1.50 bits per heavy atom. The zero-order chi connectivity index (χ0) is 11.1. The van der Waals surface area contributed by atoms with Crippen molar-refractivity contribution < 1.29 is 0 Å². The smallest absolute Gasteiger partial charge is 0.124 e. The first-order valence-corrected chi connectivity index (χ1v) is 6.18. The van der Waals surface area contributed by atoms with Crippen LogP contribution in [-0.2, 0) is 0 Å². The summed E-state index contributed by atoms with van der Waals surface area (Å²) in [4.78, 5) is 7.14. The molecule has 1 saturated carbocycles. The van der Waals surface area contributed by atoms with Gasteiger partial charge in [-0.05, 0) is 37.3 Å². The molecular weight excluding hydrogens is 218 g/mol. The summed E-state index contributed by atoms with van der Waals surface area (Å²) < 4.78 is 0. The number of anilines is 1. The largest absolute Gasteiger partial charge is 0.388 e. The van der Waals surface area contributed by atoms with Gasteiger partial charge >= 0.3 is 0 Å². The lowest BCUT2D eigenvalue weighted by Crippen LogP contribution is -2.33. The first kappa shape index (κ1) is 10.0. The van der Waals surface area contributed by atoms with Gasteiger partial charge in [-0.3, -0.25) is 4.98 Å². The molecule has 16 heavy (non-hydrogen) atoms. The monoisotopic (exact) mass is 233 g/mol. The molecule has 3 nitrogen and oxygen atoms in total. The van der Waals surface area contributed by atoms with Crippen molar-refractivity contribution in [2.45, 2.75) is 25.3 Å². The van der Waals surface area contributed by atoms with E-state index in [0.29, 0.717) is 11.0 Å². The fourth-order valence-electron chi connectivity index (χ4n) is 3.04. The number of rotatable bonds is 2. The van der Waals surface area contributed by atoms with Gasteiger partial charge in [-0.25, -0.2) is 0 Å². The SMILES string of the molecule is NC(=S)c1ncccc1N1CC2CCC1C2. The second kappa shape index (κ2) is 3.70. The van der Waals surface area contributed by atoms with E-state index in [-0.39, 0.29) is 0 Å². The van der Waals surface area contributed by atoms with Gasteiger partial charge in [-0.2, -0.15) is 0 Å². The van der Waals surface area contributed by atoms with Crippen molar-refractivity contribution in [3.8, 4) is 0 Å². The van der Waals surface area contributed by atoms with E-state index < -0.39 is 0 Å². The number of nitrogens with two attached hydrogens (primary N) is 1. The summed E-state index contributed by atoms with van der Waals surface area (Å²) in [6, 6.07) is 4.73. The van der Waals surface area contributed by atoms with Crippen LogP contribution in [0.4, 0.5) is 5.69 Å². The summed E-state index contributed by atoms with van der Waals surface area (Å²) in [5.74, 6) is 0.865. The van der Waals surface area contributed by atoms with Crippen molar-refractivity contribution in [3.05, 3.63) is 24.0 Å². The lowest BCUT2D eigenvalue weighted by atomic mass is 10.1. The number of hydrogen-bond donors (Lipinski definition) is 1. The van der Waals surface area contributed by atoms with Gasteiger partial charge in [0.25, 0.3) is 0 Å². The predicted octanol–water partition coefficient (Wildman–Crippen LogP) is 1.70. The Morgan fingerprint density at radius 3 is 3.00 bits per heavy atom. The van der Waals surface area contributed by atoms with E-state index >= 15 is 0 Å². The molecule has 1 saturated heterocycles. The predicted molar refractivity (Wildman–Crippen MR) is 68.6 cm³/mol. The Labute approximate surface area is 101 Å². The molecule has 0 amide bonds. The van der Waals surface area contributed by atoms with Gasteiger partial charge in [0.05, 0.1) is 5.69 Å². The minimum atomic E-state index is 0.401. The van der Waals surface area contributed by atoms with Crippen LogP contribution in [0.25, 0.3) is 0 Å². The summed E-state index contributed by atoms with van der Waals surface area (Å²) in [6.45, 7) is 1.14. The molecular formula is C12H15N3S. The van der Waals surface area contributed by atoms with Crippen LogP contribution in [0.3, 0.4) is 0 Å². The van der Waals surface area contributed by atoms with Gasteiger partial charge in [-0.1, -0.05) is 12.2 Å². The van der Waals surface area contributed by atoms with E-state index in [2.05, 4.69) is 16.0 Å². The zero-order valence-electron chi connectivity index (χ0n) is 9.10. The lowest BCUT2D eigenvalue weighted by molar-refractivity contribution is 0.553. The third kappa shape index (κ3) is 1.48. The van der Waals surface area contributed by atoms with Crippen LogP contribution in [0.2, 0.25) is 0 Å². The fourth-order valence-corrected chi connectivity index (χ4v) is 3.20. The summed E-state index contributed by atoms with van der Waals surface area (Å²) in [7, 11) is 0. The summed E-state index contributed by atoms with van der Waals surface area (Å²) in [6.07, 6.45) is 5.76. The van der Waals surface area contributed by atoms with Crippen LogP contribution in [0.15, 0.2) is 18.3 Å². The molecule has 1 aliphatic heterocycles. The normalized spacial score (nSPS) is 27.4. The molecule has 0 spiro atoms. The van der Waals surface area contributed by atoms with Crippen LogP contribution in [0.1, 0.15) is 25.0 Å². The van der Waals surface area contributed by atoms with E-state index in [1.165, 1.54) is 19.3 Å². The summed E-state index contributed by atoms with van der Waals surface area (Å²) >= 11 is 5.06. The molecule has 1 aromatic rings. The Balaban J connectivity index is 1.97. The molecule has 84 valence electrons. The van der Waals surface area contributed by atoms with Crippen molar-refractivity contribution in [2.75, 3.05) is 11.4 Å². The Hall–Kier alpha value is -1.16. The molecule has 0 aromatic carbocycles. The topological polar surface area (TPSA) is 42.1 Å². The number of aromatic nitrogens is 1. The number of piperidine rings is 1. The molecule has 2 unspecified atom stereocenters. The van der Waals surface area contributed by atoms with Crippen molar-refractivity contribution in [2.24, 2.45) is 11.7 Å². The van der Waals surface area contributed by atoms with Crippen molar-refractivity contribution in [3.63, 3.8) is 0 Å². The number of thiocarbonyl (C=S) groups is 1. The molecule has 0 radical (unpaired) electrons. The maximum absolute atomic E-state index is 5.72. The van der Waals surface area contributed by atoms with E-state index in [9.17, 15) is 0 Å². The molecule has 2 N–H and O–H groups in total. The van der Waals surface area contributed by atoms with Crippen molar-refractivity contribution in [1.82, 2.24) is 4.98 Å². The first-order chi connectivity index (χ1) is 7.75. The molecule has 1 aromatic heterocycles. The second-order valence-electron chi connectivity index (χ2n) is 4.72. The standard InChI is InChI=1S/C12H15N3S/c13-12(16)11-10(2-1-5-14-11)15-7-8-3-4-9(15)6-8/h1-2,5,8-9H,3-4,6-7H2,(H2,13,16). The van der Waals surface area contributed by atoms with Crippen LogP contribution < -0.4 is 10.6 Å². The summed E-state index contributed by atoms with van der Waals surface area (Å²) in [5.41, 5.74) is 7.63. The Bertz CT molecular complexity index is 432. The van der Waals surface area contributed by atoms with Crippen LogP contribution in [-0.4, -0.2) is 22.6 Å². The van der Waals surface area contributed by atoms with Crippen LogP contribution >= 0.6 is 12.2 Å². The van der Waals surface area contributed by atoms with Gasteiger partial charge in [0.2, 0.25) is 0 Å². The second-order valence-corrected chi connectivity index (χ2v) is 5.16. The molecule has 2 aliphatic rings. The number of pyridine rings is 1. The third-order valence-corrected chi connectivity index (χ3v) is 3.93. The lowest BCUT2D eigenvalue weighted by Gasteiger charge is -2.30. The maximum atomic E-state index is 5.72. The summed E-state index contributed by atoms with van der Waals surface area (Å²) in [5, 5.41) is 0. The van der Waals surface area contributed by atoms with Crippen LogP contribution in [0.5, 0.6) is 0 Å². The Kier molecular flexibility index (Phi) is 2.32. The van der Waals surface area contributed by atoms with E-state index in [1.807, 2.05) is 6.07 Å². The maximum Gasteiger partial charge on any atom is 0.124 e. The van der Waals surface area contributed by atoms with Crippen molar-refractivity contribution in [1.29, 1.82) is 0 Å². The molecule has 2 bridgehead atoms. The highest BCUT2D eigenvalue weighted by Crippen LogP contribution is 2.40. The fraction of sp³-hybridized carbons (Fsp3) is 0.500. The zero-order valence-corrected chi connectivity index (χ0v) is 9.91. The number of fused-ring (bicyclic) bond motifs is 2. The minimum absolute atomic E-state index is 0.401. The van der Waals surface area contributed by atoms with Gasteiger partial charge in [0.15, 0.2) is 0 Å². The number of nitrogens with zero attached hydrogens (tertiary/aromatic N) is 2. The van der Waals surface area contributed by atoms with Gasteiger partial charge in [-0.15, -0.1) is 0 Å². The highest BCUT2D eigenvalue weighted by molar-refractivity contribution is 7.80. The molecule has 2 fully saturated rings. The van der Waals surface area contributed by atoms with Gasteiger partial charge in [0, 0.05) is 18.8 Å². The molecule has 2 heterocycles. The minimum Gasteiger partial charge on any atom is -0.388 e. The van der Waals surface area contributed by atoms with E-state index in [1.54, 1.807) is 6.20 Å². The van der Waals surface area contributed by atoms with Gasteiger partial charge < -0.3 is 10.6 Å². The molecule has 1 aliphatic carbocycles. The average molecular weight is 233 g/mol. The van der Waals surface area contributed by atoms with Crippen molar-refractivity contribution >= 4 is 22.9 Å². The quantitative estimate of drug-likeness (QED) is 0.790. The number of hydrogen-bond acceptors (Lipinski definition) is 3. The highest BCUT2D eigenvalue weighted by Gasteiger charge is 2.38. The molecule has 2 atom stereocenters. The first-order valence-electron chi connectivity index (χ1n) is 5.77. The van der Waals surface area contributed by atoms with E-state index in [4.69, 9.17) is 18.0 Å². The Morgan fingerprint density at radius 2 is 2.38 bits per heavy atom. The highest BCUT2D eigenvalue weighted by atomic mass is 32.1. The molecule has 3 rings (SSSR count). The van der Waals surface area contributed by atoms with E-state index in [0.717, 1.165) is 23.8 Å². The average Bonchev–Trinajstić information content (AvgIpc) is 2.90.